The lowest BCUT2D eigenvalue weighted by atomic mass is 10.0. The van der Waals surface area contributed by atoms with Crippen molar-refractivity contribution in [3.63, 3.8) is 0 Å². The fourth-order valence-electron chi connectivity index (χ4n) is 5.49. The maximum atomic E-state index is 3.96. The molecule has 0 aromatic heterocycles. The van der Waals surface area contributed by atoms with Gasteiger partial charge in [0.25, 0.3) is 0 Å². The fourth-order valence-corrected chi connectivity index (χ4v) is 5.49. The van der Waals surface area contributed by atoms with Gasteiger partial charge in [0.05, 0.1) is 0 Å². The van der Waals surface area contributed by atoms with Crippen molar-refractivity contribution in [1.82, 2.24) is 0 Å². The molecule has 0 saturated carbocycles. The molecule has 0 N–H and O–H groups in total. The minimum atomic E-state index is 1.09. The zero-order valence-electron chi connectivity index (χ0n) is 36.1. The van der Waals surface area contributed by atoms with Crippen LogP contribution in [0.4, 0.5) is 34.1 Å². The lowest BCUT2D eigenvalue weighted by Gasteiger charge is -2.26. The molecule has 2 heteroatoms. The molecule has 6 aromatic carbocycles. The van der Waals surface area contributed by atoms with Crippen LogP contribution < -0.4 is 9.80 Å². The standard InChI is InChI=1S/C40H32N2.C7H10.4C2H6/c1-3-31-13-11-19-39(29-31)41(35-15-7-5-8-16-35)37-25-21-33(22-26-37)34-23-27-38(28-24-34)42(36-17-9-6-10-18-36)40-20-12-14-32(4-2)30-40;1-4-6-7(3)5-2;4*1-2/h3-30H,1-2H2;4-6H,1-2H2,3H3;4*1-2H3/b;7-6-;;;;. The first-order chi connectivity index (χ1) is 28.0. The zero-order valence-corrected chi connectivity index (χ0v) is 36.1. The summed E-state index contributed by atoms with van der Waals surface area (Å²) >= 11 is 0. The highest BCUT2D eigenvalue weighted by molar-refractivity contribution is 5.81. The Morgan fingerprint density at radius 3 is 0.982 bits per heavy atom. The lowest BCUT2D eigenvalue weighted by molar-refractivity contribution is 1.28. The van der Waals surface area contributed by atoms with Crippen LogP contribution in [-0.2, 0) is 0 Å². The highest BCUT2D eigenvalue weighted by Gasteiger charge is 2.15. The topological polar surface area (TPSA) is 6.48 Å². The summed E-state index contributed by atoms with van der Waals surface area (Å²) in [5.41, 5.74) is 12.3. The molecule has 0 unspecified atom stereocenters. The third-order valence-corrected chi connectivity index (χ3v) is 8.04. The predicted octanol–water partition coefficient (Wildman–Crippen LogP) is 18.0. The van der Waals surface area contributed by atoms with Crippen LogP contribution in [0.15, 0.2) is 208 Å². The Bertz CT molecular complexity index is 1880. The first kappa shape index (κ1) is 48.6. The van der Waals surface area contributed by atoms with Crippen LogP contribution in [0.1, 0.15) is 73.4 Å². The lowest BCUT2D eigenvalue weighted by Crippen LogP contribution is -2.10. The maximum Gasteiger partial charge on any atom is 0.0467 e. The van der Waals surface area contributed by atoms with Crippen molar-refractivity contribution in [2.45, 2.75) is 62.3 Å². The van der Waals surface area contributed by atoms with E-state index in [9.17, 15) is 0 Å². The zero-order chi connectivity index (χ0) is 42.4. The molecule has 0 radical (unpaired) electrons. The Labute approximate surface area is 347 Å². The van der Waals surface area contributed by atoms with Gasteiger partial charge in [0, 0.05) is 34.1 Å². The van der Waals surface area contributed by atoms with Gasteiger partial charge >= 0.3 is 0 Å². The van der Waals surface area contributed by atoms with E-state index >= 15 is 0 Å². The van der Waals surface area contributed by atoms with E-state index < -0.39 is 0 Å². The number of hydrogen-bond acceptors (Lipinski definition) is 2. The summed E-state index contributed by atoms with van der Waals surface area (Å²) < 4.78 is 0. The molecule has 0 heterocycles. The van der Waals surface area contributed by atoms with Crippen LogP contribution in [-0.4, -0.2) is 0 Å². The molecule has 57 heavy (non-hydrogen) atoms. The quantitative estimate of drug-likeness (QED) is 0.122. The van der Waals surface area contributed by atoms with Gasteiger partial charge in [0.15, 0.2) is 0 Å². The van der Waals surface area contributed by atoms with E-state index in [1.54, 1.807) is 12.2 Å². The fraction of sp³-hybridized carbons (Fsp3) is 0.164. The number of hydrogen-bond donors (Lipinski definition) is 0. The second kappa shape index (κ2) is 29.0. The monoisotopic (exact) mass is 755 g/mol. The molecular weight excluding hydrogens is 689 g/mol. The maximum absolute atomic E-state index is 3.96. The van der Waals surface area contributed by atoms with Gasteiger partial charge in [-0.3, -0.25) is 0 Å². The second-order valence-electron chi connectivity index (χ2n) is 11.4. The van der Waals surface area contributed by atoms with E-state index in [1.807, 2.05) is 92.7 Å². The Morgan fingerprint density at radius 2 is 0.702 bits per heavy atom. The van der Waals surface area contributed by atoms with E-state index in [0.29, 0.717) is 0 Å². The Balaban J connectivity index is 0.000000948. The normalized spacial score (nSPS) is 9.53. The van der Waals surface area contributed by atoms with Crippen LogP contribution in [0, 0.1) is 0 Å². The smallest absolute Gasteiger partial charge is 0.0467 e. The van der Waals surface area contributed by atoms with Crippen molar-refractivity contribution < 1.29 is 0 Å². The van der Waals surface area contributed by atoms with Crippen LogP contribution in [0.25, 0.3) is 23.3 Å². The van der Waals surface area contributed by atoms with Crippen LogP contribution in [0.3, 0.4) is 0 Å². The summed E-state index contributed by atoms with van der Waals surface area (Å²) in [5, 5.41) is 0. The van der Waals surface area contributed by atoms with Gasteiger partial charge in [-0.15, -0.1) is 0 Å². The van der Waals surface area contributed by atoms with Gasteiger partial charge < -0.3 is 9.80 Å². The first-order valence-corrected chi connectivity index (χ1v) is 20.3. The van der Waals surface area contributed by atoms with Crippen molar-refractivity contribution >= 4 is 46.3 Å². The average molecular weight is 755 g/mol. The molecule has 0 bridgehead atoms. The summed E-state index contributed by atoms with van der Waals surface area (Å²) in [4.78, 5) is 4.55. The first-order valence-electron chi connectivity index (χ1n) is 20.3. The molecule has 2 nitrogen and oxygen atoms in total. The molecule has 296 valence electrons. The molecule has 0 spiro atoms. The minimum absolute atomic E-state index is 1.09. The number of anilines is 6. The Hall–Kier alpha value is -6.38. The van der Waals surface area contributed by atoms with Crippen molar-refractivity contribution in [3.05, 3.63) is 219 Å². The van der Waals surface area contributed by atoms with Gasteiger partial charge in [0.2, 0.25) is 0 Å². The Morgan fingerprint density at radius 1 is 0.386 bits per heavy atom. The molecule has 6 rings (SSSR count). The van der Waals surface area contributed by atoms with Gasteiger partial charge in [-0.25, -0.2) is 0 Å². The molecule has 0 aliphatic rings. The highest BCUT2D eigenvalue weighted by Crippen LogP contribution is 2.38. The molecular formula is C55H66N2. The molecule has 0 aliphatic carbocycles. The van der Waals surface area contributed by atoms with Crippen molar-refractivity contribution in [3.8, 4) is 11.1 Å². The number of benzene rings is 6. The third-order valence-electron chi connectivity index (χ3n) is 8.04. The van der Waals surface area contributed by atoms with Crippen LogP contribution in [0.5, 0.6) is 0 Å². The van der Waals surface area contributed by atoms with E-state index in [-0.39, 0.29) is 0 Å². The van der Waals surface area contributed by atoms with E-state index in [4.69, 9.17) is 0 Å². The number of allylic oxidation sites excluding steroid dienone is 4. The number of rotatable bonds is 11. The molecule has 0 fully saturated rings. The van der Waals surface area contributed by atoms with Gasteiger partial charge in [-0.2, -0.15) is 0 Å². The second-order valence-corrected chi connectivity index (χ2v) is 11.4. The van der Waals surface area contributed by atoms with Crippen molar-refractivity contribution in [2.75, 3.05) is 9.80 Å². The molecule has 0 aliphatic heterocycles. The number of nitrogens with zero attached hydrogens (tertiary/aromatic N) is 2. The number of para-hydroxylation sites is 2. The van der Waals surface area contributed by atoms with Crippen LogP contribution in [0.2, 0.25) is 0 Å². The third kappa shape index (κ3) is 15.0. The molecule has 0 atom stereocenters. The van der Waals surface area contributed by atoms with E-state index in [2.05, 4.69) is 182 Å². The van der Waals surface area contributed by atoms with Crippen LogP contribution >= 0.6 is 0 Å². The van der Waals surface area contributed by atoms with Crippen molar-refractivity contribution in [2.24, 2.45) is 0 Å². The summed E-state index contributed by atoms with van der Waals surface area (Å²) in [6.45, 7) is 33.0. The summed E-state index contributed by atoms with van der Waals surface area (Å²) in [6, 6.07) is 55.3. The van der Waals surface area contributed by atoms with Gasteiger partial charge in [0.1, 0.15) is 0 Å². The highest BCUT2D eigenvalue weighted by atomic mass is 15.1. The summed E-state index contributed by atoms with van der Waals surface area (Å²) in [6.07, 6.45) is 9.22. The predicted molar refractivity (Wildman–Crippen MR) is 261 cm³/mol. The summed E-state index contributed by atoms with van der Waals surface area (Å²) in [7, 11) is 0. The minimum Gasteiger partial charge on any atom is -0.310 e. The van der Waals surface area contributed by atoms with E-state index in [1.165, 1.54) is 0 Å². The average Bonchev–Trinajstić information content (AvgIpc) is 3.31. The Kier molecular flexibility index (Phi) is 24.7. The van der Waals surface area contributed by atoms with Gasteiger partial charge in [-0.05, 0) is 102 Å². The summed E-state index contributed by atoms with van der Waals surface area (Å²) in [5.74, 6) is 0. The van der Waals surface area contributed by atoms with Crippen molar-refractivity contribution in [1.29, 1.82) is 0 Å². The molecule has 0 amide bonds. The largest absolute Gasteiger partial charge is 0.310 e. The molecule has 6 aromatic rings. The van der Waals surface area contributed by atoms with Gasteiger partial charge in [-0.1, -0.05) is 203 Å². The van der Waals surface area contributed by atoms with E-state index in [0.717, 1.165) is 62.0 Å². The molecule has 0 saturated heterocycles. The SMILES string of the molecule is C=C/C=C(/C)C=C.C=Cc1cccc(N(c2ccccc2)c2ccc(-c3ccc(N(c4ccccc4)c4cccc(C=C)c4)cc3)cc2)c1.CC.CC.CC.CC.